The van der Waals surface area contributed by atoms with Crippen LogP contribution in [0.2, 0.25) is 0 Å². The number of rotatable bonds is 3. The van der Waals surface area contributed by atoms with Gasteiger partial charge in [0.1, 0.15) is 0 Å². The molecule has 1 aromatic carbocycles. The molecule has 1 aliphatic heterocycles. The standard InChI is InChI=1S/C17H22F3NO2/c1-12(13-6-4-3-5-7-13)15(22)21-10-8-14(9-11-21)16(2,23)17(18,19)20/h3-7,12,14,23H,8-11H2,1-2H3. The molecule has 2 rings (SSSR count). The zero-order valence-electron chi connectivity index (χ0n) is 13.3. The van der Waals surface area contributed by atoms with Crippen molar-refractivity contribution in [2.45, 2.75) is 44.4 Å². The third kappa shape index (κ3) is 3.68. The van der Waals surface area contributed by atoms with Crippen molar-refractivity contribution in [1.82, 2.24) is 4.90 Å². The number of halogens is 3. The van der Waals surface area contributed by atoms with Crippen molar-refractivity contribution < 1.29 is 23.1 Å². The van der Waals surface area contributed by atoms with Crippen LogP contribution in [0.25, 0.3) is 0 Å². The quantitative estimate of drug-likeness (QED) is 0.924. The molecule has 2 atom stereocenters. The Bertz CT molecular complexity index is 535. The highest BCUT2D eigenvalue weighted by atomic mass is 19.4. The van der Waals surface area contributed by atoms with E-state index >= 15 is 0 Å². The van der Waals surface area contributed by atoms with E-state index in [1.54, 1.807) is 11.8 Å². The van der Waals surface area contributed by atoms with Gasteiger partial charge in [0.15, 0.2) is 5.60 Å². The third-order valence-electron chi connectivity index (χ3n) is 4.85. The summed E-state index contributed by atoms with van der Waals surface area (Å²) in [4.78, 5) is 14.1. The molecule has 0 saturated carbocycles. The molecule has 23 heavy (non-hydrogen) atoms. The van der Waals surface area contributed by atoms with Gasteiger partial charge in [-0.15, -0.1) is 0 Å². The Labute approximate surface area is 134 Å². The molecule has 1 fully saturated rings. The van der Waals surface area contributed by atoms with Crippen molar-refractivity contribution in [3.8, 4) is 0 Å². The topological polar surface area (TPSA) is 40.5 Å². The zero-order valence-corrected chi connectivity index (χ0v) is 13.3. The molecule has 0 radical (unpaired) electrons. The predicted octanol–water partition coefficient (Wildman–Crippen LogP) is 3.34. The van der Waals surface area contributed by atoms with Crippen LogP contribution in [0.3, 0.4) is 0 Å². The van der Waals surface area contributed by atoms with E-state index in [-0.39, 0.29) is 37.8 Å². The summed E-state index contributed by atoms with van der Waals surface area (Å²) in [5.41, 5.74) is -1.81. The first-order valence-corrected chi connectivity index (χ1v) is 7.77. The minimum Gasteiger partial charge on any atom is -0.380 e. The van der Waals surface area contributed by atoms with E-state index in [2.05, 4.69) is 0 Å². The summed E-state index contributed by atoms with van der Waals surface area (Å²) in [5.74, 6) is -1.28. The molecule has 3 nitrogen and oxygen atoms in total. The highest BCUT2D eigenvalue weighted by molar-refractivity contribution is 5.83. The predicted molar refractivity (Wildman–Crippen MR) is 80.8 cm³/mol. The Morgan fingerprint density at radius 1 is 1.22 bits per heavy atom. The smallest absolute Gasteiger partial charge is 0.380 e. The average Bonchev–Trinajstić information content (AvgIpc) is 2.53. The number of alkyl halides is 3. The van der Waals surface area contributed by atoms with E-state index in [1.807, 2.05) is 30.3 Å². The van der Waals surface area contributed by atoms with Gasteiger partial charge in [0, 0.05) is 13.1 Å². The summed E-state index contributed by atoms with van der Waals surface area (Å²) in [6.45, 7) is 3.11. The third-order valence-corrected chi connectivity index (χ3v) is 4.85. The SMILES string of the molecule is CC(C(=O)N1CCC(C(C)(O)C(F)(F)F)CC1)c1ccccc1. The summed E-state index contributed by atoms with van der Waals surface area (Å²) >= 11 is 0. The van der Waals surface area contributed by atoms with Gasteiger partial charge in [0.2, 0.25) is 5.91 Å². The molecule has 2 unspecified atom stereocenters. The summed E-state index contributed by atoms with van der Waals surface area (Å²) in [6, 6.07) is 9.30. The summed E-state index contributed by atoms with van der Waals surface area (Å²) in [7, 11) is 0. The van der Waals surface area contributed by atoms with Crippen molar-refractivity contribution in [3.05, 3.63) is 35.9 Å². The summed E-state index contributed by atoms with van der Waals surface area (Å²) in [6.07, 6.45) is -4.35. The molecule has 128 valence electrons. The normalized spacial score (nSPS) is 20.9. The Hall–Kier alpha value is -1.56. The molecule has 0 bridgehead atoms. The average molecular weight is 329 g/mol. The van der Waals surface area contributed by atoms with Crippen molar-refractivity contribution in [1.29, 1.82) is 0 Å². The van der Waals surface area contributed by atoms with E-state index in [9.17, 15) is 23.1 Å². The maximum Gasteiger partial charge on any atom is 0.417 e. The van der Waals surface area contributed by atoms with Crippen molar-refractivity contribution >= 4 is 5.91 Å². The molecule has 0 aromatic heterocycles. The molecule has 1 aromatic rings. The number of hydrogen-bond acceptors (Lipinski definition) is 2. The first-order valence-electron chi connectivity index (χ1n) is 7.77. The minimum absolute atomic E-state index is 0.0821. The number of amides is 1. The molecule has 6 heteroatoms. The van der Waals surface area contributed by atoms with Gasteiger partial charge in [0.05, 0.1) is 5.92 Å². The van der Waals surface area contributed by atoms with Gasteiger partial charge in [-0.25, -0.2) is 0 Å². The van der Waals surface area contributed by atoms with Crippen LogP contribution >= 0.6 is 0 Å². The number of piperidine rings is 1. The van der Waals surface area contributed by atoms with Crippen LogP contribution in [0.4, 0.5) is 13.2 Å². The Kier molecular flexibility index (Phi) is 5.04. The van der Waals surface area contributed by atoms with E-state index in [0.29, 0.717) is 0 Å². The maximum atomic E-state index is 12.9. The Balaban J connectivity index is 1.98. The number of carbonyl (C=O) groups is 1. The van der Waals surface area contributed by atoms with Gasteiger partial charge in [-0.1, -0.05) is 30.3 Å². The number of likely N-dealkylation sites (tertiary alicyclic amines) is 1. The summed E-state index contributed by atoms with van der Waals surface area (Å²) in [5, 5.41) is 9.76. The molecular formula is C17H22F3NO2. The molecule has 1 saturated heterocycles. The van der Waals surface area contributed by atoms with Gasteiger partial charge in [0.25, 0.3) is 0 Å². The van der Waals surface area contributed by atoms with Crippen LogP contribution < -0.4 is 0 Å². The molecule has 1 amide bonds. The van der Waals surface area contributed by atoms with Crippen LogP contribution in [0.15, 0.2) is 30.3 Å². The first kappa shape index (κ1) is 17.8. The maximum absolute atomic E-state index is 12.9. The lowest BCUT2D eigenvalue weighted by Crippen LogP contribution is -2.53. The molecule has 1 N–H and O–H groups in total. The van der Waals surface area contributed by atoms with Crippen molar-refractivity contribution in [3.63, 3.8) is 0 Å². The molecule has 0 aliphatic carbocycles. The minimum atomic E-state index is -4.65. The molecule has 1 aliphatic rings. The molecule has 1 heterocycles. The van der Waals surface area contributed by atoms with E-state index < -0.39 is 17.7 Å². The van der Waals surface area contributed by atoms with Gasteiger partial charge < -0.3 is 10.0 Å². The fraction of sp³-hybridized carbons (Fsp3) is 0.588. The lowest BCUT2D eigenvalue weighted by Gasteiger charge is -2.40. The summed E-state index contributed by atoms with van der Waals surface area (Å²) < 4.78 is 38.7. The van der Waals surface area contributed by atoms with Crippen LogP contribution in [-0.2, 0) is 4.79 Å². The van der Waals surface area contributed by atoms with Crippen molar-refractivity contribution in [2.75, 3.05) is 13.1 Å². The monoisotopic (exact) mass is 329 g/mol. The largest absolute Gasteiger partial charge is 0.417 e. The number of carbonyl (C=O) groups excluding carboxylic acids is 1. The first-order chi connectivity index (χ1) is 10.6. The van der Waals surface area contributed by atoms with E-state index in [1.165, 1.54) is 0 Å². The van der Waals surface area contributed by atoms with Crippen LogP contribution in [0, 0.1) is 5.92 Å². The van der Waals surface area contributed by atoms with Crippen LogP contribution in [0.1, 0.15) is 38.2 Å². The lowest BCUT2D eigenvalue weighted by atomic mass is 9.81. The van der Waals surface area contributed by atoms with Gasteiger partial charge >= 0.3 is 6.18 Å². The van der Waals surface area contributed by atoms with Gasteiger partial charge in [-0.2, -0.15) is 13.2 Å². The van der Waals surface area contributed by atoms with Crippen LogP contribution in [-0.4, -0.2) is 40.8 Å². The highest BCUT2D eigenvalue weighted by Crippen LogP contribution is 2.40. The number of aliphatic hydroxyl groups is 1. The Morgan fingerprint density at radius 3 is 2.22 bits per heavy atom. The van der Waals surface area contributed by atoms with Gasteiger partial charge in [-0.05, 0) is 38.2 Å². The van der Waals surface area contributed by atoms with Crippen molar-refractivity contribution in [2.24, 2.45) is 5.92 Å². The van der Waals surface area contributed by atoms with E-state index in [4.69, 9.17) is 0 Å². The number of nitrogens with zero attached hydrogens (tertiary/aromatic N) is 1. The highest BCUT2D eigenvalue weighted by Gasteiger charge is 2.55. The fourth-order valence-electron chi connectivity index (χ4n) is 3.05. The second kappa shape index (κ2) is 6.51. The fourth-order valence-corrected chi connectivity index (χ4v) is 3.05. The molecular weight excluding hydrogens is 307 g/mol. The second-order valence-electron chi connectivity index (χ2n) is 6.38. The van der Waals surface area contributed by atoms with E-state index in [0.717, 1.165) is 12.5 Å². The van der Waals surface area contributed by atoms with Crippen LogP contribution in [0.5, 0.6) is 0 Å². The molecule has 0 spiro atoms. The Morgan fingerprint density at radius 2 is 1.74 bits per heavy atom. The number of benzene rings is 1. The van der Waals surface area contributed by atoms with Gasteiger partial charge in [-0.3, -0.25) is 4.79 Å². The lowest BCUT2D eigenvalue weighted by molar-refractivity contribution is -0.275. The number of hydrogen-bond donors (Lipinski definition) is 1. The second-order valence-corrected chi connectivity index (χ2v) is 6.38. The zero-order chi connectivity index (χ0) is 17.3.